The van der Waals surface area contributed by atoms with Crippen molar-refractivity contribution in [2.24, 2.45) is 0 Å². The van der Waals surface area contributed by atoms with E-state index in [1.54, 1.807) is 20.8 Å². The van der Waals surface area contributed by atoms with Crippen molar-refractivity contribution in [3.63, 3.8) is 0 Å². The van der Waals surface area contributed by atoms with Crippen LogP contribution in [-0.4, -0.2) is 29.1 Å². The number of carbonyl (C=O) groups excluding carboxylic acids is 2. The van der Waals surface area contributed by atoms with Crippen LogP contribution in [0, 0.1) is 17.0 Å². The zero-order chi connectivity index (χ0) is 16.2. The summed E-state index contributed by atoms with van der Waals surface area (Å²) in [4.78, 5) is 33.7. The first kappa shape index (κ1) is 16.6. The molecule has 0 fully saturated rings. The minimum atomic E-state index is -1.08. The van der Waals surface area contributed by atoms with Crippen LogP contribution in [0.2, 0.25) is 0 Å². The number of nitro benzene ring substituents is 1. The lowest BCUT2D eigenvalue weighted by Crippen LogP contribution is -2.28. The summed E-state index contributed by atoms with van der Waals surface area (Å²) >= 11 is 0. The standard InChI is InChI=1S/C14H17NO6/c1-8(2)20-13(16)10(4)21-14(17)11-6-5-9(3)12(7-11)15(18)19/h5-8,10H,1-4H3. The number of aryl methyl sites for hydroxylation is 1. The van der Waals surface area contributed by atoms with Crippen molar-refractivity contribution in [2.75, 3.05) is 0 Å². The Kier molecular flexibility index (Phi) is 5.40. The van der Waals surface area contributed by atoms with Gasteiger partial charge in [0.2, 0.25) is 0 Å². The molecule has 21 heavy (non-hydrogen) atoms. The van der Waals surface area contributed by atoms with Crippen LogP contribution < -0.4 is 0 Å². The highest BCUT2D eigenvalue weighted by atomic mass is 16.6. The summed E-state index contributed by atoms with van der Waals surface area (Å²) in [5.41, 5.74) is 0.266. The molecule has 1 rings (SSSR count). The highest BCUT2D eigenvalue weighted by Crippen LogP contribution is 2.20. The number of carbonyl (C=O) groups is 2. The number of ether oxygens (including phenoxy) is 2. The highest BCUT2D eigenvalue weighted by Gasteiger charge is 2.22. The van der Waals surface area contributed by atoms with Crippen molar-refractivity contribution in [2.45, 2.75) is 39.9 Å². The number of nitrogens with zero attached hydrogens (tertiary/aromatic N) is 1. The lowest BCUT2D eigenvalue weighted by Gasteiger charge is -2.14. The first-order valence-corrected chi connectivity index (χ1v) is 6.39. The number of hydrogen-bond acceptors (Lipinski definition) is 6. The number of hydrogen-bond donors (Lipinski definition) is 0. The van der Waals surface area contributed by atoms with Gasteiger partial charge in [-0.25, -0.2) is 9.59 Å². The van der Waals surface area contributed by atoms with E-state index < -0.39 is 23.0 Å². The zero-order valence-corrected chi connectivity index (χ0v) is 12.3. The maximum Gasteiger partial charge on any atom is 0.347 e. The Hall–Kier alpha value is -2.44. The lowest BCUT2D eigenvalue weighted by atomic mass is 10.1. The maximum atomic E-state index is 11.9. The van der Waals surface area contributed by atoms with E-state index in [4.69, 9.17) is 9.47 Å². The normalized spacial score (nSPS) is 11.9. The van der Waals surface area contributed by atoms with Gasteiger partial charge in [0.15, 0.2) is 6.10 Å². The molecule has 0 bridgehead atoms. The van der Waals surface area contributed by atoms with Gasteiger partial charge in [0.25, 0.3) is 5.69 Å². The molecular weight excluding hydrogens is 278 g/mol. The third-order valence-electron chi connectivity index (χ3n) is 2.61. The second kappa shape index (κ2) is 6.83. The van der Waals surface area contributed by atoms with Crippen LogP contribution in [0.4, 0.5) is 5.69 Å². The van der Waals surface area contributed by atoms with E-state index in [-0.39, 0.29) is 17.4 Å². The fourth-order valence-corrected chi connectivity index (χ4v) is 1.54. The monoisotopic (exact) mass is 295 g/mol. The SMILES string of the molecule is Cc1ccc(C(=O)OC(C)C(=O)OC(C)C)cc1[N+](=O)[O-]. The van der Waals surface area contributed by atoms with Gasteiger partial charge in [-0.05, 0) is 33.8 Å². The van der Waals surface area contributed by atoms with E-state index in [1.165, 1.54) is 19.1 Å². The van der Waals surface area contributed by atoms with Gasteiger partial charge < -0.3 is 9.47 Å². The van der Waals surface area contributed by atoms with E-state index in [2.05, 4.69) is 0 Å². The molecule has 0 aliphatic rings. The van der Waals surface area contributed by atoms with Crippen LogP contribution in [0.25, 0.3) is 0 Å². The van der Waals surface area contributed by atoms with Gasteiger partial charge >= 0.3 is 11.9 Å². The number of nitro groups is 1. The summed E-state index contributed by atoms with van der Waals surface area (Å²) in [6, 6.07) is 3.98. The Morgan fingerprint density at radius 3 is 2.33 bits per heavy atom. The van der Waals surface area contributed by atoms with Crippen LogP contribution in [0.15, 0.2) is 18.2 Å². The van der Waals surface area contributed by atoms with Crippen LogP contribution in [0.5, 0.6) is 0 Å². The number of benzene rings is 1. The van der Waals surface area contributed by atoms with E-state index in [1.807, 2.05) is 0 Å². The van der Waals surface area contributed by atoms with Crippen molar-refractivity contribution in [1.29, 1.82) is 0 Å². The molecule has 0 N–H and O–H groups in total. The van der Waals surface area contributed by atoms with Crippen molar-refractivity contribution in [3.8, 4) is 0 Å². The Bertz CT molecular complexity index is 567. The fourth-order valence-electron chi connectivity index (χ4n) is 1.54. The molecule has 0 aliphatic heterocycles. The van der Waals surface area contributed by atoms with Crippen LogP contribution in [-0.2, 0) is 14.3 Å². The predicted molar refractivity (Wildman–Crippen MR) is 73.9 cm³/mol. The van der Waals surface area contributed by atoms with Gasteiger partial charge in [0.05, 0.1) is 16.6 Å². The molecule has 0 heterocycles. The second-order valence-electron chi connectivity index (χ2n) is 4.79. The third-order valence-corrected chi connectivity index (χ3v) is 2.61. The smallest absolute Gasteiger partial charge is 0.347 e. The third kappa shape index (κ3) is 4.55. The van der Waals surface area contributed by atoms with Crippen molar-refractivity contribution < 1.29 is 24.0 Å². The van der Waals surface area contributed by atoms with E-state index >= 15 is 0 Å². The van der Waals surface area contributed by atoms with Crippen molar-refractivity contribution in [1.82, 2.24) is 0 Å². The zero-order valence-electron chi connectivity index (χ0n) is 12.3. The lowest BCUT2D eigenvalue weighted by molar-refractivity contribution is -0.385. The van der Waals surface area contributed by atoms with Gasteiger partial charge in [-0.3, -0.25) is 10.1 Å². The summed E-state index contributed by atoms with van der Waals surface area (Å²) in [7, 11) is 0. The molecule has 0 amide bonds. The van der Waals surface area contributed by atoms with Gasteiger partial charge in [0.1, 0.15) is 0 Å². The van der Waals surface area contributed by atoms with Crippen LogP contribution in [0.3, 0.4) is 0 Å². The number of rotatable bonds is 5. The molecule has 114 valence electrons. The molecule has 0 saturated heterocycles. The second-order valence-corrected chi connectivity index (χ2v) is 4.79. The van der Waals surface area contributed by atoms with E-state index in [9.17, 15) is 19.7 Å². The fraction of sp³-hybridized carbons (Fsp3) is 0.429. The van der Waals surface area contributed by atoms with Crippen LogP contribution >= 0.6 is 0 Å². The van der Waals surface area contributed by atoms with Gasteiger partial charge in [-0.1, -0.05) is 6.07 Å². The van der Waals surface area contributed by atoms with Crippen molar-refractivity contribution >= 4 is 17.6 Å². The van der Waals surface area contributed by atoms with E-state index in [0.29, 0.717) is 5.56 Å². The Labute approximate surface area is 122 Å². The van der Waals surface area contributed by atoms with Crippen molar-refractivity contribution in [3.05, 3.63) is 39.4 Å². The molecule has 0 aromatic heterocycles. The molecular formula is C14H17NO6. The predicted octanol–water partition coefficient (Wildman–Crippen LogP) is 2.40. The highest BCUT2D eigenvalue weighted by molar-refractivity contribution is 5.92. The Balaban J connectivity index is 2.83. The molecule has 7 nitrogen and oxygen atoms in total. The Morgan fingerprint density at radius 2 is 1.81 bits per heavy atom. The van der Waals surface area contributed by atoms with E-state index in [0.717, 1.165) is 6.07 Å². The molecule has 1 atom stereocenters. The summed E-state index contributed by atoms with van der Waals surface area (Å²) in [6.45, 7) is 6.30. The summed E-state index contributed by atoms with van der Waals surface area (Å²) in [5, 5.41) is 10.8. The molecule has 0 spiro atoms. The topological polar surface area (TPSA) is 95.7 Å². The summed E-state index contributed by atoms with van der Waals surface area (Å²) in [5.74, 6) is -1.48. The average molecular weight is 295 g/mol. The molecule has 0 radical (unpaired) electrons. The summed E-state index contributed by atoms with van der Waals surface area (Å²) in [6.07, 6.45) is -1.40. The van der Waals surface area contributed by atoms with Crippen LogP contribution in [0.1, 0.15) is 36.7 Å². The molecule has 7 heteroatoms. The largest absolute Gasteiger partial charge is 0.460 e. The first-order chi connectivity index (χ1) is 9.72. The Morgan fingerprint density at radius 1 is 1.19 bits per heavy atom. The average Bonchev–Trinajstić information content (AvgIpc) is 2.37. The van der Waals surface area contributed by atoms with Gasteiger partial charge in [0, 0.05) is 11.6 Å². The van der Waals surface area contributed by atoms with Gasteiger partial charge in [-0.2, -0.15) is 0 Å². The molecule has 1 unspecified atom stereocenters. The minimum Gasteiger partial charge on any atom is -0.460 e. The molecule has 1 aromatic carbocycles. The number of esters is 2. The first-order valence-electron chi connectivity index (χ1n) is 6.39. The minimum absolute atomic E-state index is 0.0106. The molecule has 1 aromatic rings. The maximum absolute atomic E-state index is 11.9. The quantitative estimate of drug-likeness (QED) is 0.470. The molecule has 0 aliphatic carbocycles. The van der Waals surface area contributed by atoms with Gasteiger partial charge in [-0.15, -0.1) is 0 Å². The molecule has 0 saturated carbocycles. The summed E-state index contributed by atoms with van der Waals surface area (Å²) < 4.78 is 9.84.